The minimum Gasteiger partial charge on any atom is -0.335 e. The minimum absolute atomic E-state index is 0.00655. The number of urea groups is 1. The number of carbonyl (C=O) groups is 2. The summed E-state index contributed by atoms with van der Waals surface area (Å²) >= 11 is 0. The summed E-state index contributed by atoms with van der Waals surface area (Å²) in [5.74, 6) is 0. The zero-order chi connectivity index (χ0) is 18.4. The van der Waals surface area contributed by atoms with Crippen molar-refractivity contribution in [3.8, 4) is 0 Å². The Morgan fingerprint density at radius 2 is 2.20 bits per heavy atom. The van der Waals surface area contributed by atoms with Gasteiger partial charge in [0.1, 0.15) is 6.04 Å². The number of nitrogens with zero attached hydrogens (tertiary/aromatic N) is 4. The van der Waals surface area contributed by atoms with E-state index in [-0.39, 0.29) is 26.2 Å². The van der Waals surface area contributed by atoms with Gasteiger partial charge in [0.15, 0.2) is 0 Å². The highest BCUT2D eigenvalue weighted by Gasteiger charge is 2.51. The third-order valence-electron chi connectivity index (χ3n) is 3.94. The predicted octanol–water partition coefficient (Wildman–Crippen LogP) is -2.07. The van der Waals surface area contributed by atoms with E-state index in [1.54, 1.807) is 0 Å². The van der Waals surface area contributed by atoms with Crippen LogP contribution < -0.4 is 16.8 Å². The second kappa shape index (κ2) is 6.23. The molecule has 1 fully saturated rings. The van der Waals surface area contributed by atoms with Gasteiger partial charge in [0.05, 0.1) is 18.3 Å². The Morgan fingerprint density at radius 1 is 1.48 bits per heavy atom. The molecule has 1 saturated heterocycles. The molecule has 3 heterocycles. The first-order valence-corrected chi connectivity index (χ1v) is 8.68. The lowest BCUT2D eigenvalue weighted by Crippen LogP contribution is -2.38. The molecule has 1 aromatic heterocycles. The summed E-state index contributed by atoms with van der Waals surface area (Å²) in [7, 11) is -4.90. The van der Waals surface area contributed by atoms with Crippen molar-refractivity contribution in [1.82, 2.24) is 25.1 Å². The molecule has 14 heteroatoms. The van der Waals surface area contributed by atoms with E-state index in [4.69, 9.17) is 16.0 Å². The van der Waals surface area contributed by atoms with Crippen LogP contribution in [-0.2, 0) is 14.7 Å². The lowest BCUT2D eigenvalue weighted by Gasteiger charge is -2.28. The van der Waals surface area contributed by atoms with Gasteiger partial charge in [-0.2, -0.15) is 23.3 Å². The van der Waals surface area contributed by atoms with Gasteiger partial charge in [0, 0.05) is 31.4 Å². The number of nitrogens with two attached hydrogens (primary N) is 2. The van der Waals surface area contributed by atoms with E-state index >= 15 is 0 Å². The van der Waals surface area contributed by atoms with E-state index in [0.29, 0.717) is 16.3 Å². The molecule has 6 N–H and O–H groups in total. The van der Waals surface area contributed by atoms with Gasteiger partial charge in [0.25, 0.3) is 0 Å². The van der Waals surface area contributed by atoms with Crippen LogP contribution in [0.2, 0.25) is 0 Å². The van der Waals surface area contributed by atoms with Gasteiger partial charge in [-0.05, 0) is 0 Å². The van der Waals surface area contributed by atoms with Crippen molar-refractivity contribution in [2.45, 2.75) is 12.1 Å². The molecular weight excluding hydrogens is 358 g/mol. The SMILES string of the molecule is NCCNC(=O)n1cc2c(n1)[C@@H](CN)N1C[C@H]2N(OS(=O)(=O)O)C1=O. The number of rotatable bonds is 5. The highest BCUT2D eigenvalue weighted by Crippen LogP contribution is 2.43. The van der Waals surface area contributed by atoms with Crippen LogP contribution in [0.25, 0.3) is 0 Å². The van der Waals surface area contributed by atoms with Crippen LogP contribution in [0.5, 0.6) is 0 Å². The van der Waals surface area contributed by atoms with Gasteiger partial charge in [-0.3, -0.25) is 4.55 Å². The summed E-state index contributed by atoms with van der Waals surface area (Å²) in [6.45, 7) is 0.584. The number of fused-ring (bicyclic) bond motifs is 4. The van der Waals surface area contributed by atoms with Crippen LogP contribution in [-0.4, -0.2) is 71.0 Å². The average molecular weight is 375 g/mol. The Hall–Kier alpha value is -2.26. The number of carbonyl (C=O) groups excluding carboxylic acids is 2. The number of nitrogens with one attached hydrogen (secondary N) is 1. The van der Waals surface area contributed by atoms with E-state index in [2.05, 4.69) is 14.7 Å². The molecule has 25 heavy (non-hydrogen) atoms. The Balaban J connectivity index is 1.98. The zero-order valence-electron chi connectivity index (χ0n) is 12.9. The quantitative estimate of drug-likeness (QED) is 0.419. The second-order valence-corrected chi connectivity index (χ2v) is 6.47. The lowest BCUT2D eigenvalue weighted by atomic mass is 9.98. The van der Waals surface area contributed by atoms with Crippen molar-refractivity contribution >= 4 is 22.5 Å². The van der Waals surface area contributed by atoms with Crippen LogP contribution >= 0.6 is 0 Å². The van der Waals surface area contributed by atoms with Crippen LogP contribution in [0.4, 0.5) is 9.59 Å². The summed E-state index contributed by atoms with van der Waals surface area (Å²) in [6.07, 6.45) is 1.37. The molecule has 0 aliphatic carbocycles. The largest absolute Gasteiger partial charge is 0.418 e. The third-order valence-corrected chi connectivity index (χ3v) is 4.29. The molecule has 3 rings (SSSR count). The van der Waals surface area contributed by atoms with Crippen molar-refractivity contribution in [3.63, 3.8) is 0 Å². The first-order chi connectivity index (χ1) is 11.8. The van der Waals surface area contributed by atoms with E-state index in [1.807, 2.05) is 0 Å². The van der Waals surface area contributed by atoms with Gasteiger partial charge in [0.2, 0.25) is 0 Å². The topological polar surface area (TPSA) is 186 Å². The zero-order valence-corrected chi connectivity index (χ0v) is 13.7. The Morgan fingerprint density at radius 3 is 2.80 bits per heavy atom. The first-order valence-electron chi connectivity index (χ1n) is 7.31. The number of hydroxylamine groups is 2. The standard InChI is InChI=1S/C11H17N7O6S/c12-1-2-14-10(19)17-4-6-8-5-16(7(3-13)9(6)15-17)11(20)18(8)24-25(21,22)23/h4,7-8H,1-3,5,12-13H2,(H,14,19)(H,21,22,23)/t7-,8-/m1/s1. The molecule has 13 nitrogen and oxygen atoms in total. The molecule has 0 spiro atoms. The van der Waals surface area contributed by atoms with E-state index in [9.17, 15) is 18.0 Å². The molecule has 138 valence electrons. The molecule has 1 aromatic rings. The smallest absolute Gasteiger partial charge is 0.335 e. The summed E-state index contributed by atoms with van der Waals surface area (Å²) in [5, 5.41) is 7.23. The summed E-state index contributed by atoms with van der Waals surface area (Å²) < 4.78 is 36.3. The van der Waals surface area contributed by atoms with E-state index in [1.165, 1.54) is 11.1 Å². The molecule has 3 amide bonds. The molecule has 0 aromatic carbocycles. The van der Waals surface area contributed by atoms with Crippen molar-refractivity contribution in [1.29, 1.82) is 0 Å². The van der Waals surface area contributed by atoms with Crippen molar-refractivity contribution < 1.29 is 26.8 Å². The molecule has 2 bridgehead atoms. The maximum Gasteiger partial charge on any atom is 0.418 e. The fourth-order valence-electron chi connectivity index (χ4n) is 2.94. The summed E-state index contributed by atoms with van der Waals surface area (Å²) in [6, 6.07) is -2.81. The fraction of sp³-hybridized carbons (Fsp3) is 0.545. The van der Waals surface area contributed by atoms with Crippen molar-refractivity contribution in [3.05, 3.63) is 17.5 Å². The molecule has 2 atom stereocenters. The number of aromatic nitrogens is 2. The van der Waals surface area contributed by atoms with Crippen LogP contribution in [0.1, 0.15) is 23.3 Å². The van der Waals surface area contributed by atoms with Gasteiger partial charge in [-0.25, -0.2) is 9.59 Å². The number of amides is 3. The normalized spacial score (nSPS) is 22.3. The Bertz CT molecular complexity index is 808. The monoisotopic (exact) mass is 375 g/mol. The minimum atomic E-state index is -4.90. The van der Waals surface area contributed by atoms with E-state index in [0.717, 1.165) is 4.68 Å². The van der Waals surface area contributed by atoms with Crippen molar-refractivity contribution in [2.24, 2.45) is 11.5 Å². The predicted molar refractivity (Wildman–Crippen MR) is 81.2 cm³/mol. The second-order valence-electron chi connectivity index (χ2n) is 5.47. The van der Waals surface area contributed by atoms with Gasteiger partial charge in [-0.15, -0.1) is 4.28 Å². The molecule has 2 aliphatic rings. The van der Waals surface area contributed by atoms with Gasteiger partial charge < -0.3 is 21.7 Å². The maximum absolute atomic E-state index is 12.3. The van der Waals surface area contributed by atoms with Gasteiger partial charge in [-0.1, -0.05) is 0 Å². The first kappa shape index (κ1) is 17.6. The van der Waals surface area contributed by atoms with E-state index < -0.39 is 34.5 Å². The maximum atomic E-state index is 12.3. The Kier molecular flexibility index (Phi) is 4.38. The van der Waals surface area contributed by atoms with Crippen LogP contribution in [0, 0.1) is 0 Å². The third kappa shape index (κ3) is 3.05. The molecule has 0 saturated carbocycles. The number of hydrogen-bond acceptors (Lipinski definition) is 8. The molecule has 2 aliphatic heterocycles. The van der Waals surface area contributed by atoms with Crippen molar-refractivity contribution in [2.75, 3.05) is 26.2 Å². The summed E-state index contributed by atoms with van der Waals surface area (Å²) in [4.78, 5) is 25.6. The number of hydrogen-bond donors (Lipinski definition) is 4. The average Bonchev–Trinajstić information content (AvgIpc) is 3.09. The van der Waals surface area contributed by atoms with Crippen LogP contribution in [0.3, 0.4) is 0 Å². The fourth-order valence-corrected chi connectivity index (χ4v) is 3.31. The van der Waals surface area contributed by atoms with Crippen LogP contribution in [0.15, 0.2) is 6.20 Å². The lowest BCUT2D eigenvalue weighted by molar-refractivity contribution is -0.0317. The highest BCUT2D eigenvalue weighted by molar-refractivity contribution is 7.80. The molecule has 0 unspecified atom stereocenters. The molecule has 0 radical (unpaired) electrons. The summed E-state index contributed by atoms with van der Waals surface area (Å²) in [5.41, 5.74) is 11.8. The Labute approximate surface area is 142 Å². The van der Waals surface area contributed by atoms with Gasteiger partial charge >= 0.3 is 22.5 Å². The molecular formula is C11H17N7O6S. The highest BCUT2D eigenvalue weighted by atomic mass is 32.3.